The Hall–Kier alpha value is -4.32. The molecule has 0 spiro atoms. The summed E-state index contributed by atoms with van der Waals surface area (Å²) in [6.45, 7) is -0.938. The number of amides is 2. The summed E-state index contributed by atoms with van der Waals surface area (Å²) < 4.78 is 54.5. The van der Waals surface area contributed by atoms with Crippen molar-refractivity contribution in [3.05, 3.63) is 118 Å². The van der Waals surface area contributed by atoms with Gasteiger partial charge in [-0.2, -0.15) is 0 Å². The first-order chi connectivity index (χ1) is 24.5. The van der Waals surface area contributed by atoms with E-state index in [1.165, 1.54) is 49.5 Å². The minimum atomic E-state index is -4.49. The second kappa shape index (κ2) is 17.3. The highest BCUT2D eigenvalue weighted by Crippen LogP contribution is 2.33. The summed E-state index contributed by atoms with van der Waals surface area (Å²) in [6, 6.07) is 21.9. The minimum absolute atomic E-state index is 0.0292. The molecule has 0 heterocycles. The second-order valence-electron chi connectivity index (χ2n) is 12.3. The van der Waals surface area contributed by atoms with Gasteiger partial charge in [0, 0.05) is 40.7 Å². The number of nitrogens with zero attached hydrogens (tertiary/aromatic N) is 2. The molecule has 270 valence electrons. The molecule has 1 saturated carbocycles. The molecule has 1 unspecified atom stereocenters. The Morgan fingerprint density at radius 2 is 1.51 bits per heavy atom. The van der Waals surface area contributed by atoms with Crippen LogP contribution in [-0.2, 0) is 32.6 Å². The Balaban J connectivity index is 1.60. The summed E-state index contributed by atoms with van der Waals surface area (Å²) in [5.41, 5.74) is 1.22. The largest absolute Gasteiger partial charge is 0.493 e. The highest BCUT2D eigenvalue weighted by molar-refractivity contribution is 7.92. The monoisotopic (exact) mass is 755 g/mol. The molecule has 5 rings (SSSR count). The highest BCUT2D eigenvalue weighted by Gasteiger charge is 2.36. The molecule has 9 nitrogen and oxygen atoms in total. The predicted molar refractivity (Wildman–Crippen MR) is 196 cm³/mol. The summed E-state index contributed by atoms with van der Waals surface area (Å²) in [7, 11) is -1.70. The lowest BCUT2D eigenvalue weighted by molar-refractivity contribution is -0.140. The first-order valence-electron chi connectivity index (χ1n) is 16.6. The van der Waals surface area contributed by atoms with Crippen molar-refractivity contribution in [2.75, 3.05) is 25.1 Å². The molecule has 1 atom stereocenters. The van der Waals surface area contributed by atoms with Crippen molar-refractivity contribution in [3.8, 4) is 11.5 Å². The lowest BCUT2D eigenvalue weighted by Crippen LogP contribution is -2.55. The van der Waals surface area contributed by atoms with Crippen LogP contribution in [0.3, 0.4) is 0 Å². The van der Waals surface area contributed by atoms with Crippen molar-refractivity contribution < 1.29 is 31.9 Å². The summed E-state index contributed by atoms with van der Waals surface area (Å²) in [4.78, 5) is 30.2. The van der Waals surface area contributed by atoms with E-state index in [2.05, 4.69) is 5.32 Å². The fraction of sp³-hybridized carbons (Fsp3) is 0.316. The SMILES string of the molecule is COc1ccc(S(=O)(=O)N(CC(=O)N(Cc2c(Cl)cccc2Cl)C(Cc2ccccc2)C(=O)NC2CCCCC2)c2ccc(F)cc2)cc1OC. The van der Waals surface area contributed by atoms with Crippen LogP contribution in [-0.4, -0.2) is 58.0 Å². The van der Waals surface area contributed by atoms with E-state index < -0.39 is 34.3 Å². The topological polar surface area (TPSA) is 105 Å². The number of carbonyl (C=O) groups is 2. The van der Waals surface area contributed by atoms with Gasteiger partial charge in [-0.1, -0.05) is 78.9 Å². The standard InChI is InChI=1S/C38H40Cl2FN3O6S/c1-49-35-21-20-30(23-36(35)50-2)51(47,48)44(29-18-16-27(41)17-19-29)25-37(45)43(24-31-32(39)14-9-15-33(31)40)34(22-26-10-5-3-6-11-26)38(46)42-28-12-7-4-8-13-28/h3,5-6,9-11,14-21,23,28,34H,4,7-8,12-13,22,24-25H2,1-2H3,(H,42,46). The van der Waals surface area contributed by atoms with E-state index >= 15 is 0 Å². The van der Waals surface area contributed by atoms with Crippen LogP contribution in [0.1, 0.15) is 43.2 Å². The zero-order valence-electron chi connectivity index (χ0n) is 28.4. The van der Waals surface area contributed by atoms with E-state index in [0.717, 1.165) is 54.1 Å². The van der Waals surface area contributed by atoms with Crippen molar-refractivity contribution in [2.24, 2.45) is 0 Å². The maximum absolute atomic E-state index is 14.8. The summed E-state index contributed by atoms with van der Waals surface area (Å²) in [6.07, 6.45) is 4.81. The van der Waals surface area contributed by atoms with Gasteiger partial charge in [-0.25, -0.2) is 12.8 Å². The molecule has 0 aliphatic heterocycles. The predicted octanol–water partition coefficient (Wildman–Crippen LogP) is 7.43. The van der Waals surface area contributed by atoms with E-state index in [9.17, 15) is 22.4 Å². The molecule has 0 bridgehead atoms. The Kier molecular flexibility index (Phi) is 12.8. The molecular formula is C38H40Cl2FN3O6S. The molecule has 2 amide bonds. The van der Waals surface area contributed by atoms with Crippen LogP contribution in [0.2, 0.25) is 10.0 Å². The molecular weight excluding hydrogens is 716 g/mol. The molecule has 0 aromatic heterocycles. The quantitative estimate of drug-likeness (QED) is 0.144. The summed E-state index contributed by atoms with van der Waals surface area (Å²) in [5.74, 6) is -1.22. The van der Waals surface area contributed by atoms with Gasteiger partial charge in [-0.15, -0.1) is 0 Å². The molecule has 1 N–H and O–H groups in total. The number of rotatable bonds is 14. The third-order valence-corrected chi connectivity index (χ3v) is 11.4. The van der Waals surface area contributed by atoms with Crippen LogP contribution in [0.15, 0.2) is 95.9 Å². The molecule has 13 heteroatoms. The molecule has 1 aliphatic carbocycles. The third kappa shape index (κ3) is 9.32. The average Bonchev–Trinajstić information content (AvgIpc) is 3.13. The van der Waals surface area contributed by atoms with Crippen molar-refractivity contribution >= 4 is 50.7 Å². The molecule has 51 heavy (non-hydrogen) atoms. The number of hydrogen-bond acceptors (Lipinski definition) is 6. The Labute approximate surface area is 308 Å². The molecule has 4 aromatic rings. The second-order valence-corrected chi connectivity index (χ2v) is 15.0. The summed E-state index contributed by atoms with van der Waals surface area (Å²) in [5, 5.41) is 3.72. The van der Waals surface area contributed by atoms with Crippen LogP contribution in [0.5, 0.6) is 11.5 Å². The molecule has 0 radical (unpaired) electrons. The van der Waals surface area contributed by atoms with E-state index in [1.807, 2.05) is 30.3 Å². The van der Waals surface area contributed by atoms with Crippen LogP contribution >= 0.6 is 23.2 Å². The van der Waals surface area contributed by atoms with Gasteiger partial charge in [0.25, 0.3) is 10.0 Å². The van der Waals surface area contributed by atoms with E-state index in [1.54, 1.807) is 18.2 Å². The van der Waals surface area contributed by atoms with Crippen molar-refractivity contribution in [1.29, 1.82) is 0 Å². The molecule has 1 aliphatic rings. The van der Waals surface area contributed by atoms with Crippen LogP contribution in [0, 0.1) is 5.82 Å². The van der Waals surface area contributed by atoms with E-state index in [0.29, 0.717) is 11.3 Å². The number of benzene rings is 4. The van der Waals surface area contributed by atoms with E-state index in [-0.39, 0.29) is 51.3 Å². The van der Waals surface area contributed by atoms with Gasteiger partial charge in [0.1, 0.15) is 18.4 Å². The van der Waals surface area contributed by atoms with Gasteiger partial charge in [0.05, 0.1) is 24.8 Å². The number of hydrogen-bond donors (Lipinski definition) is 1. The number of anilines is 1. The van der Waals surface area contributed by atoms with Gasteiger partial charge in [-0.05, 0) is 66.9 Å². The zero-order valence-corrected chi connectivity index (χ0v) is 30.7. The summed E-state index contributed by atoms with van der Waals surface area (Å²) >= 11 is 13.2. The van der Waals surface area contributed by atoms with Gasteiger partial charge >= 0.3 is 0 Å². The van der Waals surface area contributed by atoms with Crippen LogP contribution in [0.25, 0.3) is 0 Å². The first kappa shape index (κ1) is 37.9. The highest BCUT2D eigenvalue weighted by atomic mass is 35.5. The number of sulfonamides is 1. The maximum Gasteiger partial charge on any atom is 0.264 e. The van der Waals surface area contributed by atoms with Gasteiger partial charge in [0.2, 0.25) is 11.8 Å². The number of methoxy groups -OCH3 is 2. The number of carbonyl (C=O) groups excluding carboxylic acids is 2. The zero-order chi connectivity index (χ0) is 36.5. The van der Waals surface area contributed by atoms with E-state index in [4.69, 9.17) is 32.7 Å². The van der Waals surface area contributed by atoms with Gasteiger partial charge < -0.3 is 19.7 Å². The minimum Gasteiger partial charge on any atom is -0.493 e. The number of halogens is 3. The van der Waals surface area contributed by atoms with Gasteiger partial charge in [-0.3, -0.25) is 13.9 Å². The van der Waals surface area contributed by atoms with Crippen molar-refractivity contribution in [3.63, 3.8) is 0 Å². The Morgan fingerprint density at radius 3 is 2.14 bits per heavy atom. The fourth-order valence-electron chi connectivity index (χ4n) is 6.19. The molecule has 4 aromatic carbocycles. The lowest BCUT2D eigenvalue weighted by Gasteiger charge is -2.35. The van der Waals surface area contributed by atoms with Crippen molar-refractivity contribution in [1.82, 2.24) is 10.2 Å². The maximum atomic E-state index is 14.8. The van der Waals surface area contributed by atoms with Gasteiger partial charge in [0.15, 0.2) is 11.5 Å². The molecule has 1 fully saturated rings. The third-order valence-electron chi connectivity index (χ3n) is 8.95. The fourth-order valence-corrected chi connectivity index (χ4v) is 8.14. The first-order valence-corrected chi connectivity index (χ1v) is 18.8. The Bertz CT molecular complexity index is 1910. The molecule has 0 saturated heterocycles. The lowest BCUT2D eigenvalue weighted by atomic mass is 9.94. The number of nitrogens with one attached hydrogen (secondary N) is 1. The Morgan fingerprint density at radius 1 is 0.863 bits per heavy atom. The smallest absolute Gasteiger partial charge is 0.264 e. The average molecular weight is 757 g/mol. The van der Waals surface area contributed by atoms with Crippen molar-refractivity contribution in [2.45, 2.75) is 62.0 Å². The normalized spacial score (nSPS) is 14.0. The van der Waals surface area contributed by atoms with Crippen LogP contribution in [0.4, 0.5) is 10.1 Å². The number of ether oxygens (including phenoxy) is 2. The van der Waals surface area contributed by atoms with Crippen LogP contribution < -0.4 is 19.1 Å².